The van der Waals surface area contributed by atoms with Gasteiger partial charge in [0, 0.05) is 11.3 Å². The Morgan fingerprint density at radius 3 is 2.86 bits per heavy atom. The Bertz CT molecular complexity index is 847. The highest BCUT2D eigenvalue weighted by Crippen LogP contribution is 2.27. The number of nitrogens with zero attached hydrogens (tertiary/aromatic N) is 1. The first kappa shape index (κ1) is 13.7. The molecule has 0 aliphatic heterocycles. The van der Waals surface area contributed by atoms with Crippen LogP contribution in [0.1, 0.15) is 10.4 Å². The third kappa shape index (κ3) is 2.76. The fourth-order valence-electron chi connectivity index (χ4n) is 1.87. The van der Waals surface area contributed by atoms with Crippen molar-refractivity contribution in [1.29, 1.82) is 0 Å². The Labute approximate surface area is 129 Å². The van der Waals surface area contributed by atoms with Crippen LogP contribution < -0.4 is 11.1 Å². The number of aromatic hydroxyl groups is 1. The lowest BCUT2D eigenvalue weighted by molar-refractivity contribution is 0.102. The number of benzene rings is 2. The molecule has 1 heterocycles. The molecule has 3 aromatic rings. The lowest BCUT2D eigenvalue weighted by atomic mass is 10.2. The van der Waals surface area contributed by atoms with Crippen molar-refractivity contribution in [3.05, 3.63) is 47.0 Å². The quantitative estimate of drug-likeness (QED) is 0.631. The highest BCUT2D eigenvalue weighted by molar-refractivity contribution is 7.22. The molecule has 0 saturated carbocycles. The van der Waals surface area contributed by atoms with E-state index in [-0.39, 0.29) is 16.7 Å². The zero-order chi connectivity index (χ0) is 15.0. The van der Waals surface area contributed by atoms with Gasteiger partial charge >= 0.3 is 0 Å². The fraction of sp³-hybridized carbons (Fsp3) is 0. The molecule has 106 valence electrons. The van der Waals surface area contributed by atoms with Crippen LogP contribution >= 0.6 is 22.9 Å². The maximum Gasteiger partial charge on any atom is 0.255 e. The average Bonchev–Trinajstić information content (AvgIpc) is 2.82. The van der Waals surface area contributed by atoms with Gasteiger partial charge in [-0.25, -0.2) is 4.98 Å². The Balaban J connectivity index is 1.87. The number of fused-ring (bicyclic) bond motifs is 1. The van der Waals surface area contributed by atoms with E-state index in [9.17, 15) is 9.90 Å². The maximum atomic E-state index is 12.2. The summed E-state index contributed by atoms with van der Waals surface area (Å²) in [6, 6.07) is 9.64. The summed E-state index contributed by atoms with van der Waals surface area (Å²) in [7, 11) is 0. The number of anilines is 2. The van der Waals surface area contributed by atoms with Crippen LogP contribution in [0.3, 0.4) is 0 Å². The maximum absolute atomic E-state index is 12.2. The SMILES string of the molecule is Nc1nc2ccc(C(=O)Nc3ccc(O)c(Cl)c3)cc2s1. The van der Waals surface area contributed by atoms with E-state index in [0.29, 0.717) is 16.4 Å². The predicted molar refractivity (Wildman–Crippen MR) is 85.1 cm³/mol. The summed E-state index contributed by atoms with van der Waals surface area (Å²) in [5.74, 6) is -0.304. The zero-order valence-corrected chi connectivity index (χ0v) is 12.2. The van der Waals surface area contributed by atoms with Crippen LogP contribution in [0.15, 0.2) is 36.4 Å². The molecule has 0 unspecified atom stereocenters. The largest absolute Gasteiger partial charge is 0.506 e. The van der Waals surface area contributed by atoms with Gasteiger partial charge in [-0.3, -0.25) is 4.79 Å². The van der Waals surface area contributed by atoms with Gasteiger partial charge in [0.25, 0.3) is 5.91 Å². The van der Waals surface area contributed by atoms with Gasteiger partial charge < -0.3 is 16.2 Å². The molecule has 0 radical (unpaired) electrons. The molecule has 5 nitrogen and oxygen atoms in total. The number of hydrogen-bond donors (Lipinski definition) is 3. The second kappa shape index (κ2) is 5.23. The Kier molecular flexibility index (Phi) is 3.40. The van der Waals surface area contributed by atoms with E-state index in [4.69, 9.17) is 17.3 Å². The second-order valence-corrected chi connectivity index (χ2v) is 5.82. The highest BCUT2D eigenvalue weighted by Gasteiger charge is 2.10. The van der Waals surface area contributed by atoms with Crippen LogP contribution in [-0.4, -0.2) is 16.0 Å². The van der Waals surface area contributed by atoms with Crippen molar-refractivity contribution in [3.63, 3.8) is 0 Å². The molecular formula is C14H10ClN3O2S. The van der Waals surface area contributed by atoms with Gasteiger partial charge in [0.05, 0.1) is 15.2 Å². The van der Waals surface area contributed by atoms with E-state index in [1.165, 1.54) is 23.5 Å². The first-order valence-corrected chi connectivity index (χ1v) is 7.18. The van der Waals surface area contributed by atoms with Crippen LogP contribution in [0.25, 0.3) is 10.2 Å². The molecule has 7 heteroatoms. The van der Waals surface area contributed by atoms with E-state index < -0.39 is 0 Å². The summed E-state index contributed by atoms with van der Waals surface area (Å²) in [4.78, 5) is 16.3. The number of halogens is 1. The van der Waals surface area contributed by atoms with E-state index in [2.05, 4.69) is 10.3 Å². The number of carbonyl (C=O) groups is 1. The molecule has 0 aliphatic carbocycles. The van der Waals surface area contributed by atoms with Gasteiger partial charge in [-0.2, -0.15) is 0 Å². The average molecular weight is 320 g/mol. The van der Waals surface area contributed by atoms with Crippen LogP contribution in [0, 0.1) is 0 Å². The van der Waals surface area contributed by atoms with Crippen molar-refractivity contribution >= 4 is 49.9 Å². The molecule has 4 N–H and O–H groups in total. The summed E-state index contributed by atoms with van der Waals surface area (Å²) in [6.45, 7) is 0. The van der Waals surface area contributed by atoms with Gasteiger partial charge in [0.15, 0.2) is 5.13 Å². The molecule has 1 aromatic heterocycles. The van der Waals surface area contributed by atoms with Gasteiger partial charge in [-0.1, -0.05) is 22.9 Å². The summed E-state index contributed by atoms with van der Waals surface area (Å²) in [5, 5.41) is 12.7. The van der Waals surface area contributed by atoms with E-state index in [0.717, 1.165) is 10.2 Å². The number of phenols is 1. The monoisotopic (exact) mass is 319 g/mol. The Morgan fingerprint density at radius 1 is 1.29 bits per heavy atom. The standard InChI is InChI=1S/C14H10ClN3O2S/c15-9-6-8(2-4-11(9)19)17-13(20)7-1-3-10-12(5-7)21-14(16)18-10/h1-6,19H,(H2,16,18)(H,17,20). The molecule has 1 amide bonds. The molecule has 0 fully saturated rings. The van der Waals surface area contributed by atoms with Crippen LogP contribution in [-0.2, 0) is 0 Å². The summed E-state index contributed by atoms with van der Waals surface area (Å²) >= 11 is 7.13. The number of nitrogens with one attached hydrogen (secondary N) is 1. The smallest absolute Gasteiger partial charge is 0.255 e. The van der Waals surface area contributed by atoms with Gasteiger partial charge in [-0.05, 0) is 36.4 Å². The topological polar surface area (TPSA) is 88.2 Å². The van der Waals surface area contributed by atoms with Gasteiger partial charge in [-0.15, -0.1) is 0 Å². The number of rotatable bonds is 2. The van der Waals surface area contributed by atoms with Crippen molar-refractivity contribution in [2.75, 3.05) is 11.1 Å². The van der Waals surface area contributed by atoms with Crippen LogP contribution in [0.5, 0.6) is 5.75 Å². The highest BCUT2D eigenvalue weighted by atomic mass is 35.5. The molecule has 21 heavy (non-hydrogen) atoms. The third-order valence-electron chi connectivity index (χ3n) is 2.87. The van der Waals surface area contributed by atoms with Crippen molar-refractivity contribution in [2.45, 2.75) is 0 Å². The predicted octanol–water partition coefficient (Wildman–Crippen LogP) is 3.49. The van der Waals surface area contributed by atoms with Crippen molar-refractivity contribution < 1.29 is 9.90 Å². The van der Waals surface area contributed by atoms with Gasteiger partial charge in [0.2, 0.25) is 0 Å². The lowest BCUT2D eigenvalue weighted by Gasteiger charge is -2.06. The normalized spacial score (nSPS) is 10.7. The minimum absolute atomic E-state index is 0.0313. The first-order valence-electron chi connectivity index (χ1n) is 5.99. The molecular weight excluding hydrogens is 310 g/mol. The molecule has 0 saturated heterocycles. The minimum atomic E-state index is -0.273. The van der Waals surface area contributed by atoms with Crippen molar-refractivity contribution in [1.82, 2.24) is 4.98 Å². The molecule has 3 rings (SSSR count). The van der Waals surface area contributed by atoms with Crippen LogP contribution in [0.4, 0.5) is 10.8 Å². The zero-order valence-electron chi connectivity index (χ0n) is 10.6. The number of amides is 1. The molecule has 2 aromatic carbocycles. The van der Waals surface area contributed by atoms with Crippen molar-refractivity contribution in [2.24, 2.45) is 0 Å². The van der Waals surface area contributed by atoms with Gasteiger partial charge in [0.1, 0.15) is 5.75 Å². The molecule has 0 spiro atoms. The number of nitrogen functional groups attached to an aromatic ring is 1. The lowest BCUT2D eigenvalue weighted by Crippen LogP contribution is -2.11. The molecule has 0 aliphatic rings. The summed E-state index contributed by atoms with van der Waals surface area (Å²) in [6.07, 6.45) is 0. The molecule has 0 atom stereocenters. The molecule has 0 bridgehead atoms. The fourth-order valence-corrected chi connectivity index (χ4v) is 2.83. The van der Waals surface area contributed by atoms with E-state index in [1.54, 1.807) is 24.3 Å². The summed E-state index contributed by atoms with van der Waals surface area (Å²) < 4.78 is 0.851. The minimum Gasteiger partial charge on any atom is -0.506 e. The number of phenolic OH excluding ortho intramolecular Hbond substituents is 1. The van der Waals surface area contributed by atoms with E-state index in [1.807, 2.05) is 0 Å². The third-order valence-corrected chi connectivity index (χ3v) is 4.02. The van der Waals surface area contributed by atoms with E-state index >= 15 is 0 Å². The van der Waals surface area contributed by atoms with Crippen molar-refractivity contribution in [3.8, 4) is 5.75 Å². The van der Waals surface area contributed by atoms with Crippen LogP contribution in [0.2, 0.25) is 5.02 Å². The number of hydrogen-bond acceptors (Lipinski definition) is 5. The number of aromatic nitrogens is 1. The Morgan fingerprint density at radius 2 is 2.10 bits per heavy atom. The first-order chi connectivity index (χ1) is 10.0. The number of thiazole rings is 1. The number of carbonyl (C=O) groups excluding carboxylic acids is 1. The Hall–Kier alpha value is -2.31. The second-order valence-electron chi connectivity index (χ2n) is 4.35. The number of nitrogens with two attached hydrogens (primary N) is 1. The summed E-state index contributed by atoms with van der Waals surface area (Å²) in [5.41, 5.74) is 7.41.